The molecule has 0 fully saturated rings. The molecule has 0 aliphatic carbocycles. The Kier molecular flexibility index (Phi) is 4.67. The Morgan fingerprint density at radius 1 is 1.20 bits per heavy atom. The summed E-state index contributed by atoms with van der Waals surface area (Å²) >= 11 is 1.66. The maximum Gasteiger partial charge on any atom is 0.573 e. The lowest BCUT2D eigenvalue weighted by atomic mass is 10.0. The number of rotatable bonds is 5. The van der Waals surface area contributed by atoms with Crippen LogP contribution < -0.4 is 10.1 Å². The fraction of sp³-hybridized carbons (Fsp3) is 0.286. The van der Waals surface area contributed by atoms with Crippen molar-refractivity contribution in [2.45, 2.75) is 18.8 Å². The minimum absolute atomic E-state index is 0.0635. The van der Waals surface area contributed by atoms with Crippen LogP contribution in [0.15, 0.2) is 41.8 Å². The van der Waals surface area contributed by atoms with E-state index in [1.807, 2.05) is 24.6 Å². The van der Waals surface area contributed by atoms with Crippen molar-refractivity contribution in [1.29, 1.82) is 0 Å². The average Bonchev–Trinajstić information content (AvgIpc) is 2.88. The van der Waals surface area contributed by atoms with Gasteiger partial charge in [-0.3, -0.25) is 0 Å². The Bertz CT molecular complexity index is 522. The van der Waals surface area contributed by atoms with Crippen molar-refractivity contribution in [2.75, 3.05) is 7.05 Å². The van der Waals surface area contributed by atoms with Crippen LogP contribution in [0, 0.1) is 0 Å². The molecule has 0 radical (unpaired) electrons. The second-order valence-electron chi connectivity index (χ2n) is 4.24. The first kappa shape index (κ1) is 14.9. The quantitative estimate of drug-likeness (QED) is 0.896. The monoisotopic (exact) mass is 301 g/mol. The minimum atomic E-state index is -4.65. The molecule has 0 saturated carbocycles. The van der Waals surface area contributed by atoms with Gasteiger partial charge in [-0.05, 0) is 36.2 Å². The number of hydrogen-bond acceptors (Lipinski definition) is 3. The van der Waals surface area contributed by atoms with Gasteiger partial charge in [0.05, 0.1) is 0 Å². The lowest BCUT2D eigenvalue weighted by molar-refractivity contribution is -0.274. The van der Waals surface area contributed by atoms with Gasteiger partial charge in [-0.25, -0.2) is 0 Å². The lowest BCUT2D eigenvalue weighted by Gasteiger charge is -2.16. The van der Waals surface area contributed by atoms with E-state index in [1.54, 1.807) is 23.5 Å². The average molecular weight is 301 g/mol. The second-order valence-corrected chi connectivity index (χ2v) is 5.27. The molecule has 6 heteroatoms. The fourth-order valence-corrected chi connectivity index (χ4v) is 2.67. The summed E-state index contributed by atoms with van der Waals surface area (Å²) in [6.07, 6.45) is -3.85. The summed E-state index contributed by atoms with van der Waals surface area (Å²) in [6, 6.07) is 10.0. The molecule has 0 amide bonds. The Labute approximate surface area is 119 Å². The van der Waals surface area contributed by atoms with Gasteiger partial charge in [-0.1, -0.05) is 18.2 Å². The van der Waals surface area contributed by atoms with E-state index in [2.05, 4.69) is 10.1 Å². The molecule has 2 nitrogen and oxygen atoms in total. The molecule has 1 unspecified atom stereocenters. The molecule has 1 atom stereocenters. The summed E-state index contributed by atoms with van der Waals surface area (Å²) in [7, 11) is 1.83. The number of ether oxygens (including phenoxy) is 1. The van der Waals surface area contributed by atoms with Crippen molar-refractivity contribution in [3.05, 3.63) is 52.2 Å². The van der Waals surface area contributed by atoms with Crippen LogP contribution in [0.1, 0.15) is 16.5 Å². The zero-order valence-corrected chi connectivity index (χ0v) is 11.6. The van der Waals surface area contributed by atoms with Gasteiger partial charge in [0.15, 0.2) is 0 Å². The maximum atomic E-state index is 12.1. The van der Waals surface area contributed by atoms with E-state index in [1.165, 1.54) is 17.0 Å². The van der Waals surface area contributed by atoms with E-state index in [0.717, 1.165) is 12.0 Å². The Hall–Kier alpha value is -1.53. The summed E-state index contributed by atoms with van der Waals surface area (Å²) in [5.41, 5.74) is 0.926. The fourth-order valence-electron chi connectivity index (χ4n) is 1.92. The van der Waals surface area contributed by atoms with E-state index < -0.39 is 6.36 Å². The van der Waals surface area contributed by atoms with Crippen molar-refractivity contribution in [2.24, 2.45) is 0 Å². The molecule has 108 valence electrons. The van der Waals surface area contributed by atoms with Crippen LogP contribution in [0.3, 0.4) is 0 Å². The van der Waals surface area contributed by atoms with Crippen molar-refractivity contribution in [3.8, 4) is 5.75 Å². The first-order chi connectivity index (χ1) is 9.48. The highest BCUT2D eigenvalue weighted by molar-refractivity contribution is 7.09. The Morgan fingerprint density at radius 2 is 1.90 bits per heavy atom. The molecule has 0 aliphatic heterocycles. The molecule has 1 aromatic carbocycles. The van der Waals surface area contributed by atoms with Gasteiger partial charge in [-0.15, -0.1) is 24.5 Å². The minimum Gasteiger partial charge on any atom is -0.406 e. The third kappa shape index (κ3) is 4.25. The van der Waals surface area contributed by atoms with Crippen molar-refractivity contribution in [1.82, 2.24) is 5.32 Å². The van der Waals surface area contributed by atoms with Crippen LogP contribution in [-0.4, -0.2) is 13.4 Å². The van der Waals surface area contributed by atoms with E-state index in [0.29, 0.717) is 0 Å². The number of benzene rings is 1. The molecule has 1 N–H and O–H groups in total. The molecule has 0 aliphatic rings. The number of nitrogens with one attached hydrogen (secondary N) is 1. The summed E-state index contributed by atoms with van der Waals surface area (Å²) in [5, 5.41) is 5.17. The van der Waals surface area contributed by atoms with Gasteiger partial charge >= 0.3 is 6.36 Å². The first-order valence-corrected chi connectivity index (χ1v) is 6.91. The smallest absolute Gasteiger partial charge is 0.406 e. The number of alkyl halides is 3. The summed E-state index contributed by atoms with van der Waals surface area (Å²) in [4.78, 5) is 1.22. The first-order valence-electron chi connectivity index (χ1n) is 6.03. The van der Waals surface area contributed by atoms with Gasteiger partial charge in [0.2, 0.25) is 0 Å². The van der Waals surface area contributed by atoms with E-state index in [4.69, 9.17) is 0 Å². The van der Waals surface area contributed by atoms with E-state index >= 15 is 0 Å². The van der Waals surface area contributed by atoms with Gasteiger partial charge in [-0.2, -0.15) is 0 Å². The van der Waals surface area contributed by atoms with E-state index in [-0.39, 0.29) is 11.8 Å². The highest BCUT2D eigenvalue weighted by Crippen LogP contribution is 2.26. The molecule has 1 heterocycles. The zero-order valence-electron chi connectivity index (χ0n) is 10.8. The van der Waals surface area contributed by atoms with Crippen molar-refractivity contribution >= 4 is 11.3 Å². The Balaban J connectivity index is 2.07. The van der Waals surface area contributed by atoms with Crippen LogP contribution in [0.5, 0.6) is 5.75 Å². The van der Waals surface area contributed by atoms with E-state index in [9.17, 15) is 13.2 Å². The predicted octanol–water partition coefficient (Wildman–Crippen LogP) is 4.15. The van der Waals surface area contributed by atoms with Gasteiger partial charge in [0.1, 0.15) is 5.75 Å². The Morgan fingerprint density at radius 3 is 2.40 bits per heavy atom. The molecule has 2 rings (SSSR count). The molecule has 2 aromatic rings. The molecule has 1 aromatic heterocycles. The van der Waals surface area contributed by atoms with Crippen molar-refractivity contribution < 1.29 is 17.9 Å². The SMILES string of the molecule is CNC(Cc1cccs1)c1ccc(OC(F)(F)F)cc1. The number of hydrogen-bond donors (Lipinski definition) is 1. The van der Waals surface area contributed by atoms with Crippen LogP contribution in [0.2, 0.25) is 0 Å². The number of likely N-dealkylation sites (N-methyl/N-ethyl adjacent to an activating group) is 1. The summed E-state index contributed by atoms with van der Waals surface area (Å²) in [5.74, 6) is -0.202. The van der Waals surface area contributed by atoms with Crippen LogP contribution in [0.4, 0.5) is 13.2 Å². The third-order valence-corrected chi connectivity index (χ3v) is 3.75. The molecule has 0 saturated heterocycles. The largest absolute Gasteiger partial charge is 0.573 e. The topological polar surface area (TPSA) is 21.3 Å². The highest BCUT2D eigenvalue weighted by atomic mass is 32.1. The highest BCUT2D eigenvalue weighted by Gasteiger charge is 2.31. The maximum absolute atomic E-state index is 12.1. The van der Waals surface area contributed by atoms with Gasteiger partial charge in [0.25, 0.3) is 0 Å². The summed E-state index contributed by atoms with van der Waals surface area (Å²) < 4.78 is 40.1. The molecule has 0 bridgehead atoms. The predicted molar refractivity (Wildman–Crippen MR) is 72.9 cm³/mol. The lowest BCUT2D eigenvalue weighted by Crippen LogP contribution is -2.19. The third-order valence-electron chi connectivity index (χ3n) is 2.85. The molecular weight excluding hydrogens is 287 g/mol. The number of halogens is 3. The standard InChI is InChI=1S/C14H14F3NOS/c1-18-13(9-12-3-2-8-20-12)10-4-6-11(7-5-10)19-14(15,16)17/h2-8,13,18H,9H2,1H3. The normalized spacial score (nSPS) is 13.2. The molecule has 20 heavy (non-hydrogen) atoms. The zero-order chi connectivity index (χ0) is 14.6. The molecule has 0 spiro atoms. The second kappa shape index (κ2) is 6.28. The van der Waals surface area contributed by atoms with Crippen LogP contribution in [0.25, 0.3) is 0 Å². The van der Waals surface area contributed by atoms with Crippen LogP contribution >= 0.6 is 11.3 Å². The van der Waals surface area contributed by atoms with Gasteiger partial charge in [0, 0.05) is 17.3 Å². The summed E-state index contributed by atoms with van der Waals surface area (Å²) in [6.45, 7) is 0. The van der Waals surface area contributed by atoms with Gasteiger partial charge < -0.3 is 10.1 Å². The van der Waals surface area contributed by atoms with Crippen molar-refractivity contribution in [3.63, 3.8) is 0 Å². The number of thiophene rings is 1. The van der Waals surface area contributed by atoms with Crippen LogP contribution in [-0.2, 0) is 6.42 Å². The molecular formula is C14H14F3NOS.